The van der Waals surface area contributed by atoms with Crippen LogP contribution in [0.2, 0.25) is 0 Å². The molecule has 0 saturated carbocycles. The molecule has 0 fully saturated rings. The predicted molar refractivity (Wildman–Crippen MR) is 120 cm³/mol. The van der Waals surface area contributed by atoms with Crippen LogP contribution in [-0.4, -0.2) is 32.1 Å². The first-order chi connectivity index (χ1) is 15.1. The fourth-order valence-electron chi connectivity index (χ4n) is 3.34. The zero-order chi connectivity index (χ0) is 21.8. The molecule has 1 heterocycles. The number of hydrogen-bond donors (Lipinski definition) is 1. The van der Waals surface area contributed by atoms with Crippen molar-refractivity contribution in [3.8, 4) is 6.07 Å². The molecule has 0 bridgehead atoms. The third kappa shape index (κ3) is 4.31. The van der Waals surface area contributed by atoms with Gasteiger partial charge in [0.25, 0.3) is 11.8 Å². The van der Waals surface area contributed by atoms with E-state index in [0.29, 0.717) is 35.5 Å². The molecule has 0 saturated heterocycles. The molecule has 3 aromatic rings. The van der Waals surface area contributed by atoms with Gasteiger partial charge in [-0.25, -0.2) is 0 Å². The topological polar surface area (TPSA) is 82.4 Å². The van der Waals surface area contributed by atoms with Crippen LogP contribution in [-0.2, 0) is 4.74 Å². The second kappa shape index (κ2) is 9.04. The number of ether oxygens (including phenoxy) is 1. The second-order valence-corrected chi connectivity index (χ2v) is 7.96. The molecule has 0 radical (unpaired) electrons. The molecule has 1 aliphatic heterocycles. The first kappa shape index (κ1) is 20.7. The highest BCUT2D eigenvalue weighted by molar-refractivity contribution is 7.99. The second-order valence-electron chi connectivity index (χ2n) is 6.88. The number of carbonyl (C=O) groups excluding carboxylic acids is 2. The molecule has 154 valence electrons. The number of nitrogens with zero attached hydrogens (tertiary/aromatic N) is 2. The summed E-state index contributed by atoms with van der Waals surface area (Å²) in [5, 5.41) is 11.9. The van der Waals surface area contributed by atoms with Crippen molar-refractivity contribution in [3.05, 3.63) is 83.4 Å². The lowest BCUT2D eigenvalue weighted by molar-refractivity contribution is 0.0972. The summed E-state index contributed by atoms with van der Waals surface area (Å²) in [6.45, 7) is 0.829. The SMILES string of the molecule is COCCN1C(=O)c2ccccc2Sc2cc(NC(=O)c3cccc(C#N)c3)ccc21. The molecular weight excluding hydrogens is 410 g/mol. The van der Waals surface area contributed by atoms with Crippen molar-refractivity contribution in [2.24, 2.45) is 0 Å². The fourth-order valence-corrected chi connectivity index (χ4v) is 4.46. The van der Waals surface area contributed by atoms with E-state index >= 15 is 0 Å². The lowest BCUT2D eigenvalue weighted by atomic mass is 10.1. The maximum absolute atomic E-state index is 13.2. The van der Waals surface area contributed by atoms with Crippen LogP contribution in [0, 0.1) is 11.3 Å². The fraction of sp³-hybridized carbons (Fsp3) is 0.125. The lowest BCUT2D eigenvalue weighted by Crippen LogP contribution is -2.33. The van der Waals surface area contributed by atoms with Gasteiger partial charge in [0.2, 0.25) is 0 Å². The number of carbonyl (C=O) groups is 2. The highest BCUT2D eigenvalue weighted by Crippen LogP contribution is 2.42. The van der Waals surface area contributed by atoms with Crippen LogP contribution in [0.25, 0.3) is 0 Å². The summed E-state index contributed by atoms with van der Waals surface area (Å²) in [5.74, 6) is -0.382. The van der Waals surface area contributed by atoms with Gasteiger partial charge >= 0.3 is 0 Å². The van der Waals surface area contributed by atoms with Crippen molar-refractivity contribution < 1.29 is 14.3 Å². The Bertz CT molecular complexity index is 1200. The number of amides is 2. The standard InChI is InChI=1S/C24H19N3O3S/c1-30-12-11-27-20-10-9-18(26-23(28)17-6-4-5-16(13-17)15-25)14-22(20)31-21-8-3-2-7-19(21)24(27)29/h2-10,13-14H,11-12H2,1H3,(H,26,28). The van der Waals surface area contributed by atoms with Crippen molar-refractivity contribution in [3.63, 3.8) is 0 Å². The van der Waals surface area contributed by atoms with Crippen LogP contribution in [0.5, 0.6) is 0 Å². The molecule has 0 aliphatic carbocycles. The quantitative estimate of drug-likeness (QED) is 0.643. The average Bonchev–Trinajstić information content (AvgIpc) is 2.91. The van der Waals surface area contributed by atoms with Crippen LogP contribution in [0.4, 0.5) is 11.4 Å². The number of benzene rings is 3. The number of rotatable bonds is 5. The molecule has 7 heteroatoms. The molecule has 1 N–H and O–H groups in total. The first-order valence-electron chi connectivity index (χ1n) is 9.64. The van der Waals surface area contributed by atoms with Crippen LogP contribution in [0.1, 0.15) is 26.3 Å². The molecule has 0 atom stereocenters. The number of nitriles is 1. The van der Waals surface area contributed by atoms with E-state index in [2.05, 4.69) is 5.32 Å². The van der Waals surface area contributed by atoms with E-state index in [9.17, 15) is 9.59 Å². The summed E-state index contributed by atoms with van der Waals surface area (Å²) in [5.41, 5.74) is 2.85. The Morgan fingerprint density at radius 3 is 2.74 bits per heavy atom. The number of methoxy groups -OCH3 is 1. The Morgan fingerprint density at radius 1 is 1.10 bits per heavy atom. The van der Waals surface area contributed by atoms with Crippen LogP contribution in [0.15, 0.2) is 76.5 Å². The van der Waals surface area contributed by atoms with Gasteiger partial charge in [0, 0.05) is 34.7 Å². The van der Waals surface area contributed by atoms with Gasteiger partial charge in [-0.05, 0) is 48.5 Å². The van der Waals surface area contributed by atoms with Crippen molar-refractivity contribution in [1.29, 1.82) is 5.26 Å². The van der Waals surface area contributed by atoms with Crippen molar-refractivity contribution in [2.75, 3.05) is 30.5 Å². The molecule has 1 aliphatic rings. The molecule has 2 amide bonds. The molecule has 3 aromatic carbocycles. The summed E-state index contributed by atoms with van der Waals surface area (Å²) in [6.07, 6.45) is 0. The maximum Gasteiger partial charge on any atom is 0.259 e. The largest absolute Gasteiger partial charge is 0.383 e. The Hall–Kier alpha value is -3.60. The minimum atomic E-state index is -0.302. The molecular formula is C24H19N3O3S. The van der Waals surface area contributed by atoms with Gasteiger partial charge < -0.3 is 15.0 Å². The smallest absolute Gasteiger partial charge is 0.259 e. The van der Waals surface area contributed by atoms with Gasteiger partial charge in [0.15, 0.2) is 0 Å². The Kier molecular flexibility index (Phi) is 6.03. The summed E-state index contributed by atoms with van der Waals surface area (Å²) in [4.78, 5) is 29.3. The minimum absolute atomic E-state index is 0.0796. The van der Waals surface area contributed by atoms with Gasteiger partial charge in [-0.1, -0.05) is 30.0 Å². The average molecular weight is 430 g/mol. The molecule has 0 spiro atoms. The molecule has 0 unspecified atom stereocenters. The van der Waals surface area contributed by atoms with Crippen molar-refractivity contribution in [1.82, 2.24) is 0 Å². The summed E-state index contributed by atoms with van der Waals surface area (Å²) >= 11 is 1.49. The zero-order valence-electron chi connectivity index (χ0n) is 16.8. The summed E-state index contributed by atoms with van der Waals surface area (Å²) < 4.78 is 5.20. The number of anilines is 2. The summed E-state index contributed by atoms with van der Waals surface area (Å²) in [6, 6.07) is 21.5. The van der Waals surface area contributed by atoms with Crippen LogP contribution >= 0.6 is 11.8 Å². The Morgan fingerprint density at radius 2 is 1.94 bits per heavy atom. The summed E-state index contributed by atoms with van der Waals surface area (Å²) in [7, 11) is 1.60. The van der Waals surface area contributed by atoms with Crippen LogP contribution < -0.4 is 10.2 Å². The highest BCUT2D eigenvalue weighted by atomic mass is 32.2. The third-order valence-corrected chi connectivity index (χ3v) is 5.99. The van der Waals surface area contributed by atoms with Gasteiger partial charge in [-0.15, -0.1) is 0 Å². The number of hydrogen-bond acceptors (Lipinski definition) is 5. The van der Waals surface area contributed by atoms with Crippen LogP contribution in [0.3, 0.4) is 0 Å². The van der Waals surface area contributed by atoms with E-state index in [1.165, 1.54) is 11.8 Å². The molecule has 4 rings (SSSR count). The zero-order valence-corrected chi connectivity index (χ0v) is 17.6. The third-order valence-electron chi connectivity index (χ3n) is 4.86. The van der Waals surface area contributed by atoms with E-state index in [0.717, 1.165) is 15.5 Å². The lowest BCUT2D eigenvalue weighted by Gasteiger charge is -2.23. The maximum atomic E-state index is 13.2. The number of nitrogens with one attached hydrogen (secondary N) is 1. The Balaban J connectivity index is 1.68. The van der Waals surface area contributed by atoms with Gasteiger partial charge in [-0.2, -0.15) is 5.26 Å². The predicted octanol–water partition coefficient (Wildman–Crippen LogP) is 4.57. The Labute approximate surface area is 184 Å². The van der Waals surface area contributed by atoms with E-state index in [1.807, 2.05) is 42.5 Å². The van der Waals surface area contributed by atoms with Crippen molar-refractivity contribution in [2.45, 2.75) is 9.79 Å². The normalized spacial score (nSPS) is 12.4. The molecule has 31 heavy (non-hydrogen) atoms. The van der Waals surface area contributed by atoms with Gasteiger partial charge in [-0.3, -0.25) is 9.59 Å². The molecule has 6 nitrogen and oxygen atoms in total. The van der Waals surface area contributed by atoms with E-state index in [4.69, 9.17) is 10.00 Å². The van der Waals surface area contributed by atoms with Gasteiger partial charge in [0.1, 0.15) is 0 Å². The minimum Gasteiger partial charge on any atom is -0.383 e. The number of fused-ring (bicyclic) bond motifs is 2. The monoisotopic (exact) mass is 429 g/mol. The van der Waals surface area contributed by atoms with E-state index in [1.54, 1.807) is 42.3 Å². The van der Waals surface area contributed by atoms with Crippen molar-refractivity contribution >= 4 is 35.0 Å². The van der Waals surface area contributed by atoms with E-state index in [-0.39, 0.29) is 11.8 Å². The van der Waals surface area contributed by atoms with Gasteiger partial charge in [0.05, 0.1) is 29.5 Å². The first-order valence-corrected chi connectivity index (χ1v) is 10.5. The highest BCUT2D eigenvalue weighted by Gasteiger charge is 2.27. The van der Waals surface area contributed by atoms with E-state index < -0.39 is 0 Å². The molecule has 0 aromatic heterocycles.